The van der Waals surface area contributed by atoms with Gasteiger partial charge in [0.2, 0.25) is 0 Å². The number of rotatable bonds is 0. The van der Waals surface area contributed by atoms with E-state index in [1.807, 2.05) is 0 Å². The fraction of sp³-hybridized carbons (Fsp3) is 0.500. The third-order valence-corrected chi connectivity index (χ3v) is 2.44. The van der Waals surface area contributed by atoms with Crippen molar-refractivity contribution >= 4 is 11.6 Å². The van der Waals surface area contributed by atoms with Gasteiger partial charge in [-0.05, 0) is 13.3 Å². The molecule has 64 valence electrons. The molecule has 1 aliphatic heterocycles. The van der Waals surface area contributed by atoms with Gasteiger partial charge in [-0.3, -0.25) is 0 Å². The van der Waals surface area contributed by atoms with E-state index in [1.165, 1.54) is 6.33 Å². The van der Waals surface area contributed by atoms with Gasteiger partial charge in [0.25, 0.3) is 0 Å². The fourth-order valence-electron chi connectivity index (χ4n) is 1.43. The van der Waals surface area contributed by atoms with E-state index in [9.17, 15) is 0 Å². The Morgan fingerprint density at radius 1 is 1.58 bits per heavy atom. The Morgan fingerprint density at radius 3 is 3.25 bits per heavy atom. The number of hydrogen-bond donors (Lipinski definition) is 1. The van der Waals surface area contributed by atoms with Crippen molar-refractivity contribution in [1.82, 2.24) is 15.3 Å². The molecular formula is C8H10ClN3. The Hall–Kier alpha value is -0.670. The molecule has 0 saturated heterocycles. The lowest BCUT2D eigenvalue weighted by Crippen LogP contribution is -2.33. The maximum atomic E-state index is 5.93. The van der Waals surface area contributed by atoms with Crippen LogP contribution < -0.4 is 5.32 Å². The van der Waals surface area contributed by atoms with Crippen LogP contribution in [0.4, 0.5) is 0 Å². The summed E-state index contributed by atoms with van der Waals surface area (Å²) in [5, 5.41) is 3.92. The molecular weight excluding hydrogens is 174 g/mol. The van der Waals surface area contributed by atoms with Crippen LogP contribution in [0.3, 0.4) is 0 Å². The van der Waals surface area contributed by atoms with Crippen molar-refractivity contribution in [2.24, 2.45) is 0 Å². The van der Waals surface area contributed by atoms with E-state index in [0.29, 0.717) is 11.2 Å². The van der Waals surface area contributed by atoms with E-state index in [4.69, 9.17) is 11.6 Å². The molecule has 1 atom stereocenters. The van der Waals surface area contributed by atoms with Gasteiger partial charge < -0.3 is 5.32 Å². The average Bonchev–Trinajstić information content (AvgIpc) is 2.07. The average molecular weight is 184 g/mol. The lowest BCUT2D eigenvalue weighted by Gasteiger charge is -2.22. The molecule has 0 bridgehead atoms. The summed E-state index contributed by atoms with van der Waals surface area (Å²) in [5.41, 5.74) is 2.14. The van der Waals surface area contributed by atoms with Crippen molar-refractivity contribution in [3.63, 3.8) is 0 Å². The second-order valence-corrected chi connectivity index (χ2v) is 3.43. The minimum absolute atomic E-state index is 0.473. The first kappa shape index (κ1) is 7.95. The molecule has 0 amide bonds. The molecule has 0 aromatic carbocycles. The summed E-state index contributed by atoms with van der Waals surface area (Å²) < 4.78 is 0. The smallest absolute Gasteiger partial charge is 0.135 e. The molecule has 4 heteroatoms. The third kappa shape index (κ3) is 1.30. The molecule has 1 aromatic rings. The van der Waals surface area contributed by atoms with Crippen LogP contribution in [0.1, 0.15) is 18.2 Å². The molecule has 0 spiro atoms. The highest BCUT2D eigenvalue weighted by molar-refractivity contribution is 6.30. The molecule has 0 saturated carbocycles. The van der Waals surface area contributed by atoms with Gasteiger partial charge in [0.1, 0.15) is 11.5 Å². The summed E-state index contributed by atoms with van der Waals surface area (Å²) in [7, 11) is 0. The van der Waals surface area contributed by atoms with Crippen LogP contribution in [0.15, 0.2) is 6.33 Å². The summed E-state index contributed by atoms with van der Waals surface area (Å²) in [6.07, 6.45) is 2.44. The van der Waals surface area contributed by atoms with E-state index in [0.717, 1.165) is 24.2 Å². The van der Waals surface area contributed by atoms with Crippen LogP contribution in [0.2, 0.25) is 5.15 Å². The monoisotopic (exact) mass is 183 g/mol. The van der Waals surface area contributed by atoms with E-state index >= 15 is 0 Å². The van der Waals surface area contributed by atoms with E-state index in [2.05, 4.69) is 22.2 Å². The standard InChI is InChI=1S/C8H10ClN3/c1-5-2-6-7(3-10-5)11-4-12-8(6)9/h4-5,10H,2-3H2,1H3. The number of fused-ring (bicyclic) bond motifs is 1. The van der Waals surface area contributed by atoms with Crippen molar-refractivity contribution in [3.05, 3.63) is 22.7 Å². The summed E-state index contributed by atoms with van der Waals surface area (Å²) in [6.45, 7) is 2.94. The molecule has 1 N–H and O–H groups in total. The van der Waals surface area contributed by atoms with Crippen LogP contribution >= 0.6 is 11.6 Å². The first-order valence-electron chi connectivity index (χ1n) is 3.99. The maximum absolute atomic E-state index is 5.93. The SMILES string of the molecule is CC1Cc2c(Cl)ncnc2CN1. The number of hydrogen-bond acceptors (Lipinski definition) is 3. The van der Waals surface area contributed by atoms with Crippen LogP contribution in [0.25, 0.3) is 0 Å². The molecule has 0 radical (unpaired) electrons. The molecule has 0 aliphatic carbocycles. The molecule has 3 nitrogen and oxygen atoms in total. The summed E-state index contributed by atoms with van der Waals surface area (Å²) in [4.78, 5) is 8.11. The normalized spacial score (nSPS) is 22.0. The number of halogens is 1. The second kappa shape index (κ2) is 2.99. The Bertz CT molecular complexity index is 300. The molecule has 1 unspecified atom stereocenters. The van der Waals surface area contributed by atoms with Gasteiger partial charge in [-0.2, -0.15) is 0 Å². The highest BCUT2D eigenvalue weighted by atomic mass is 35.5. The lowest BCUT2D eigenvalue weighted by molar-refractivity contribution is 0.502. The predicted molar refractivity (Wildman–Crippen MR) is 47.0 cm³/mol. The molecule has 2 heterocycles. The molecule has 2 rings (SSSR count). The van der Waals surface area contributed by atoms with E-state index in [-0.39, 0.29) is 0 Å². The Balaban J connectivity index is 2.43. The van der Waals surface area contributed by atoms with Gasteiger partial charge in [-0.1, -0.05) is 11.6 Å². The van der Waals surface area contributed by atoms with E-state index in [1.54, 1.807) is 0 Å². The summed E-state index contributed by atoms with van der Waals surface area (Å²) in [6, 6.07) is 0.473. The summed E-state index contributed by atoms with van der Waals surface area (Å²) >= 11 is 5.93. The highest BCUT2D eigenvalue weighted by Gasteiger charge is 2.17. The van der Waals surface area contributed by atoms with Crippen molar-refractivity contribution < 1.29 is 0 Å². The zero-order valence-electron chi connectivity index (χ0n) is 6.84. The largest absolute Gasteiger partial charge is 0.308 e. The minimum Gasteiger partial charge on any atom is -0.308 e. The summed E-state index contributed by atoms with van der Waals surface area (Å²) in [5.74, 6) is 0. The first-order chi connectivity index (χ1) is 5.77. The van der Waals surface area contributed by atoms with Crippen LogP contribution in [0.5, 0.6) is 0 Å². The highest BCUT2D eigenvalue weighted by Crippen LogP contribution is 2.20. The molecule has 0 fully saturated rings. The maximum Gasteiger partial charge on any atom is 0.135 e. The first-order valence-corrected chi connectivity index (χ1v) is 4.37. The number of nitrogens with one attached hydrogen (secondary N) is 1. The fourth-order valence-corrected chi connectivity index (χ4v) is 1.66. The van der Waals surface area contributed by atoms with E-state index < -0.39 is 0 Å². The van der Waals surface area contributed by atoms with Crippen molar-refractivity contribution in [3.8, 4) is 0 Å². The molecule has 1 aromatic heterocycles. The van der Waals surface area contributed by atoms with Crippen LogP contribution in [-0.4, -0.2) is 16.0 Å². The van der Waals surface area contributed by atoms with Gasteiger partial charge in [-0.25, -0.2) is 9.97 Å². The third-order valence-electron chi connectivity index (χ3n) is 2.11. The van der Waals surface area contributed by atoms with Gasteiger partial charge in [-0.15, -0.1) is 0 Å². The van der Waals surface area contributed by atoms with Gasteiger partial charge >= 0.3 is 0 Å². The minimum atomic E-state index is 0.473. The Labute approximate surface area is 76.2 Å². The zero-order chi connectivity index (χ0) is 8.55. The lowest BCUT2D eigenvalue weighted by atomic mass is 10.0. The predicted octanol–water partition coefficient (Wildman–Crippen LogP) is 1.16. The zero-order valence-corrected chi connectivity index (χ0v) is 7.60. The van der Waals surface area contributed by atoms with Crippen molar-refractivity contribution in [1.29, 1.82) is 0 Å². The number of aromatic nitrogens is 2. The van der Waals surface area contributed by atoms with Gasteiger partial charge in [0.15, 0.2) is 0 Å². The second-order valence-electron chi connectivity index (χ2n) is 3.08. The van der Waals surface area contributed by atoms with Gasteiger partial charge in [0.05, 0.1) is 5.69 Å². The van der Waals surface area contributed by atoms with Crippen molar-refractivity contribution in [2.75, 3.05) is 0 Å². The van der Waals surface area contributed by atoms with Gasteiger partial charge in [0, 0.05) is 18.2 Å². The quantitative estimate of drug-likeness (QED) is 0.614. The van der Waals surface area contributed by atoms with Crippen LogP contribution in [-0.2, 0) is 13.0 Å². The Kier molecular flexibility index (Phi) is 1.98. The molecule has 1 aliphatic rings. The Morgan fingerprint density at radius 2 is 2.42 bits per heavy atom. The molecule has 12 heavy (non-hydrogen) atoms. The van der Waals surface area contributed by atoms with Crippen molar-refractivity contribution in [2.45, 2.75) is 25.9 Å². The number of nitrogens with zero attached hydrogens (tertiary/aromatic N) is 2. The topological polar surface area (TPSA) is 37.8 Å². The van der Waals surface area contributed by atoms with Crippen LogP contribution in [0, 0.1) is 0 Å².